The number of aromatic nitrogens is 1. The van der Waals surface area contributed by atoms with E-state index in [0.29, 0.717) is 12.5 Å². The zero-order chi connectivity index (χ0) is 10.5. The van der Waals surface area contributed by atoms with Crippen LogP contribution in [0.15, 0.2) is 36.7 Å². The van der Waals surface area contributed by atoms with Crippen LogP contribution in [0.25, 0.3) is 10.8 Å². The van der Waals surface area contributed by atoms with Crippen LogP contribution in [0, 0.1) is 0 Å². The molecule has 3 heteroatoms. The maximum absolute atomic E-state index is 5.57. The molecule has 1 aromatic carbocycles. The Morgan fingerprint density at radius 2 is 2.13 bits per heavy atom. The van der Waals surface area contributed by atoms with Crippen molar-refractivity contribution in [1.82, 2.24) is 4.98 Å². The Labute approximate surface area is 93.8 Å². The lowest BCUT2D eigenvalue weighted by Crippen LogP contribution is -1.97. The third-order valence-corrected chi connectivity index (χ3v) is 2.43. The highest BCUT2D eigenvalue weighted by Gasteiger charge is 1.96. The first-order chi connectivity index (χ1) is 7.40. The van der Waals surface area contributed by atoms with E-state index in [1.54, 1.807) is 6.20 Å². The summed E-state index contributed by atoms with van der Waals surface area (Å²) in [5, 5.41) is 2.27. The van der Waals surface area contributed by atoms with E-state index in [-0.39, 0.29) is 0 Å². The van der Waals surface area contributed by atoms with Crippen molar-refractivity contribution in [2.75, 3.05) is 12.5 Å². The standard InChI is InChI=1S/C12H12ClNO/c13-5-1-7-15-12-3-2-10-4-6-14-9-11(10)8-12/h2-4,6,8-9H,1,5,7H2. The van der Waals surface area contributed by atoms with Crippen LogP contribution in [-0.2, 0) is 0 Å². The SMILES string of the molecule is ClCCCOc1ccc2ccncc2c1. The first-order valence-electron chi connectivity index (χ1n) is 4.93. The molecule has 0 saturated heterocycles. The quantitative estimate of drug-likeness (QED) is 0.584. The van der Waals surface area contributed by atoms with Gasteiger partial charge in [0.15, 0.2) is 0 Å². The Hall–Kier alpha value is -1.28. The minimum atomic E-state index is 0.634. The van der Waals surface area contributed by atoms with Crippen LogP contribution in [0.4, 0.5) is 0 Å². The van der Waals surface area contributed by atoms with Gasteiger partial charge in [0.25, 0.3) is 0 Å². The number of halogens is 1. The van der Waals surface area contributed by atoms with E-state index in [1.807, 2.05) is 30.5 Å². The second-order valence-electron chi connectivity index (χ2n) is 3.28. The number of hydrogen-bond donors (Lipinski definition) is 0. The smallest absolute Gasteiger partial charge is 0.119 e. The molecule has 15 heavy (non-hydrogen) atoms. The molecule has 1 aromatic heterocycles. The van der Waals surface area contributed by atoms with Gasteiger partial charge in [0, 0.05) is 23.7 Å². The molecule has 2 rings (SSSR count). The second kappa shape index (κ2) is 4.99. The third kappa shape index (κ3) is 2.60. The summed E-state index contributed by atoms with van der Waals surface area (Å²) in [6.45, 7) is 0.662. The van der Waals surface area contributed by atoms with Gasteiger partial charge in [-0.25, -0.2) is 0 Å². The van der Waals surface area contributed by atoms with Crippen molar-refractivity contribution >= 4 is 22.4 Å². The molecule has 0 atom stereocenters. The number of hydrogen-bond acceptors (Lipinski definition) is 2. The number of pyridine rings is 1. The van der Waals surface area contributed by atoms with Crippen LogP contribution >= 0.6 is 11.6 Å². The molecule has 0 saturated carbocycles. The zero-order valence-corrected chi connectivity index (χ0v) is 9.07. The van der Waals surface area contributed by atoms with Gasteiger partial charge in [0.2, 0.25) is 0 Å². The third-order valence-electron chi connectivity index (χ3n) is 2.16. The fourth-order valence-corrected chi connectivity index (χ4v) is 1.51. The van der Waals surface area contributed by atoms with Gasteiger partial charge in [-0.05, 0) is 30.0 Å². The van der Waals surface area contributed by atoms with Gasteiger partial charge < -0.3 is 4.74 Å². The average Bonchev–Trinajstić information content (AvgIpc) is 2.29. The van der Waals surface area contributed by atoms with Crippen LogP contribution in [-0.4, -0.2) is 17.5 Å². The Bertz CT molecular complexity index is 444. The molecule has 0 amide bonds. The summed E-state index contributed by atoms with van der Waals surface area (Å²) in [5.74, 6) is 1.51. The molecule has 0 spiro atoms. The molecule has 1 heterocycles. The van der Waals surface area contributed by atoms with E-state index in [1.165, 1.54) is 5.39 Å². The fraction of sp³-hybridized carbons (Fsp3) is 0.250. The summed E-state index contributed by atoms with van der Waals surface area (Å²) < 4.78 is 5.54. The van der Waals surface area contributed by atoms with Crippen molar-refractivity contribution < 1.29 is 4.74 Å². The first kappa shape index (κ1) is 10.2. The maximum atomic E-state index is 5.57. The molecule has 0 aliphatic heterocycles. The lowest BCUT2D eigenvalue weighted by atomic mass is 10.2. The van der Waals surface area contributed by atoms with Crippen LogP contribution in [0.2, 0.25) is 0 Å². The van der Waals surface area contributed by atoms with Gasteiger partial charge in [-0.15, -0.1) is 11.6 Å². The van der Waals surface area contributed by atoms with Gasteiger partial charge in [-0.2, -0.15) is 0 Å². The molecule has 0 radical (unpaired) electrons. The molecule has 2 aromatic rings. The van der Waals surface area contributed by atoms with Gasteiger partial charge in [0.1, 0.15) is 5.75 Å². The molecular weight excluding hydrogens is 210 g/mol. The molecule has 0 N–H and O–H groups in total. The highest BCUT2D eigenvalue weighted by atomic mass is 35.5. The number of rotatable bonds is 4. The Morgan fingerprint density at radius 1 is 1.20 bits per heavy atom. The molecule has 0 unspecified atom stereocenters. The van der Waals surface area contributed by atoms with E-state index in [2.05, 4.69) is 4.98 Å². The zero-order valence-electron chi connectivity index (χ0n) is 8.32. The average molecular weight is 222 g/mol. The van der Waals surface area contributed by atoms with Crippen LogP contribution < -0.4 is 4.74 Å². The van der Waals surface area contributed by atoms with Crippen molar-refractivity contribution in [3.63, 3.8) is 0 Å². The molecular formula is C12H12ClNO. The van der Waals surface area contributed by atoms with Crippen molar-refractivity contribution in [3.05, 3.63) is 36.7 Å². The molecule has 0 fully saturated rings. The monoisotopic (exact) mass is 221 g/mol. The summed E-state index contributed by atoms with van der Waals surface area (Å²) >= 11 is 5.57. The van der Waals surface area contributed by atoms with Crippen molar-refractivity contribution in [2.45, 2.75) is 6.42 Å². The van der Waals surface area contributed by atoms with Crippen molar-refractivity contribution in [3.8, 4) is 5.75 Å². The predicted molar refractivity (Wildman–Crippen MR) is 62.6 cm³/mol. The highest BCUT2D eigenvalue weighted by molar-refractivity contribution is 6.17. The maximum Gasteiger partial charge on any atom is 0.119 e. The number of benzene rings is 1. The minimum Gasteiger partial charge on any atom is -0.494 e. The lowest BCUT2D eigenvalue weighted by Gasteiger charge is -2.05. The topological polar surface area (TPSA) is 22.1 Å². The number of ether oxygens (including phenoxy) is 1. The Morgan fingerprint density at radius 3 is 3.00 bits per heavy atom. The van der Waals surface area contributed by atoms with E-state index in [0.717, 1.165) is 17.6 Å². The lowest BCUT2D eigenvalue weighted by molar-refractivity contribution is 0.319. The Kier molecular flexibility index (Phi) is 3.41. The summed E-state index contributed by atoms with van der Waals surface area (Å²) in [7, 11) is 0. The Balaban J connectivity index is 2.16. The van der Waals surface area contributed by atoms with Crippen molar-refractivity contribution in [1.29, 1.82) is 0 Å². The molecule has 2 nitrogen and oxygen atoms in total. The van der Waals surface area contributed by atoms with Gasteiger partial charge in [-0.1, -0.05) is 6.07 Å². The van der Waals surface area contributed by atoms with Crippen LogP contribution in [0.1, 0.15) is 6.42 Å². The van der Waals surface area contributed by atoms with Gasteiger partial charge >= 0.3 is 0 Å². The van der Waals surface area contributed by atoms with E-state index < -0.39 is 0 Å². The first-order valence-corrected chi connectivity index (χ1v) is 5.46. The predicted octanol–water partition coefficient (Wildman–Crippen LogP) is 3.24. The van der Waals surface area contributed by atoms with E-state index in [9.17, 15) is 0 Å². The van der Waals surface area contributed by atoms with E-state index in [4.69, 9.17) is 16.3 Å². The van der Waals surface area contributed by atoms with Gasteiger partial charge in [-0.3, -0.25) is 4.98 Å². The number of fused-ring (bicyclic) bond motifs is 1. The molecule has 0 bridgehead atoms. The number of nitrogens with zero attached hydrogens (tertiary/aromatic N) is 1. The fourth-order valence-electron chi connectivity index (χ4n) is 1.40. The largest absolute Gasteiger partial charge is 0.494 e. The summed E-state index contributed by atoms with van der Waals surface area (Å²) in [5.41, 5.74) is 0. The summed E-state index contributed by atoms with van der Waals surface area (Å²) in [6, 6.07) is 7.98. The molecule has 0 aliphatic rings. The normalized spacial score (nSPS) is 10.5. The van der Waals surface area contributed by atoms with Gasteiger partial charge in [0.05, 0.1) is 6.61 Å². The van der Waals surface area contributed by atoms with Crippen molar-refractivity contribution in [2.24, 2.45) is 0 Å². The van der Waals surface area contributed by atoms with E-state index >= 15 is 0 Å². The molecule has 0 aliphatic carbocycles. The molecule has 78 valence electrons. The summed E-state index contributed by atoms with van der Waals surface area (Å²) in [4.78, 5) is 4.07. The number of alkyl halides is 1. The summed E-state index contributed by atoms with van der Waals surface area (Å²) in [6.07, 6.45) is 4.49. The highest BCUT2D eigenvalue weighted by Crippen LogP contribution is 2.19. The second-order valence-corrected chi connectivity index (χ2v) is 3.65. The van der Waals surface area contributed by atoms with Crippen LogP contribution in [0.5, 0.6) is 5.75 Å². The minimum absolute atomic E-state index is 0.634. The van der Waals surface area contributed by atoms with Crippen LogP contribution in [0.3, 0.4) is 0 Å².